The van der Waals surface area contributed by atoms with Crippen molar-refractivity contribution >= 4 is 39.8 Å². The lowest BCUT2D eigenvalue weighted by molar-refractivity contribution is -0.114. The van der Waals surface area contributed by atoms with Crippen LogP contribution in [-0.4, -0.2) is 53.4 Å². The van der Waals surface area contributed by atoms with Gasteiger partial charge < -0.3 is 14.2 Å². The van der Waals surface area contributed by atoms with Crippen LogP contribution < -0.4 is 9.47 Å². The lowest BCUT2D eigenvalue weighted by Gasteiger charge is -2.20. The van der Waals surface area contributed by atoms with Gasteiger partial charge in [-0.15, -0.1) is 0 Å². The zero-order valence-electron chi connectivity index (χ0n) is 20.0. The summed E-state index contributed by atoms with van der Waals surface area (Å²) in [5.74, 6) is 1.15. The highest BCUT2D eigenvalue weighted by Crippen LogP contribution is 2.31. The van der Waals surface area contributed by atoms with Gasteiger partial charge in [0, 0.05) is 11.5 Å². The number of carbonyl (C=O) groups excluding carboxylic acids is 1. The fraction of sp³-hybridized carbons (Fsp3) is 0.308. The number of hydrogen-bond donors (Lipinski definition) is 1. The normalized spacial score (nSPS) is 16.5. The number of para-hydroxylation sites is 1. The summed E-state index contributed by atoms with van der Waals surface area (Å²) in [6.45, 7) is 7.69. The Balaban J connectivity index is 1.31. The van der Waals surface area contributed by atoms with Crippen LogP contribution in [0.15, 0.2) is 64.2 Å². The number of nitrogens with one attached hydrogen (secondary N) is 1. The molecular formula is C26H28N4O4S. The summed E-state index contributed by atoms with van der Waals surface area (Å²) in [6, 6.07) is 15.2. The van der Waals surface area contributed by atoms with E-state index in [1.54, 1.807) is 6.08 Å². The van der Waals surface area contributed by atoms with E-state index in [0.29, 0.717) is 42.9 Å². The van der Waals surface area contributed by atoms with E-state index >= 15 is 0 Å². The Kier molecular flexibility index (Phi) is 7.99. The van der Waals surface area contributed by atoms with E-state index in [9.17, 15) is 4.79 Å². The molecule has 2 aromatic rings. The molecule has 0 atom stereocenters. The molecule has 8 nitrogen and oxygen atoms in total. The summed E-state index contributed by atoms with van der Waals surface area (Å²) in [4.78, 5) is 16.8. The molecule has 0 bridgehead atoms. The predicted molar refractivity (Wildman–Crippen MR) is 139 cm³/mol. The summed E-state index contributed by atoms with van der Waals surface area (Å²) < 4.78 is 17.1. The SMILES string of the molecule is Cc1ccc(OCCOCCOc2ccccc2/C=C2/C(=N)N3N=C(C(C)C)SC3=NC2=O)cc1. The van der Waals surface area contributed by atoms with Gasteiger partial charge in [0.05, 0.1) is 18.8 Å². The molecule has 0 saturated heterocycles. The minimum atomic E-state index is -0.458. The average Bonchev–Trinajstić information content (AvgIpc) is 3.28. The summed E-state index contributed by atoms with van der Waals surface area (Å²) in [7, 11) is 0. The Bertz CT molecular complexity index is 1190. The Morgan fingerprint density at radius 3 is 2.49 bits per heavy atom. The number of thioether (sulfide) groups is 1. The number of aryl methyl sites for hydroxylation is 1. The highest BCUT2D eigenvalue weighted by molar-refractivity contribution is 8.27. The molecule has 182 valence electrons. The Hall–Kier alpha value is -3.43. The van der Waals surface area contributed by atoms with Crippen LogP contribution in [0.4, 0.5) is 0 Å². The van der Waals surface area contributed by atoms with Gasteiger partial charge in [0.25, 0.3) is 5.91 Å². The number of carbonyl (C=O) groups is 1. The van der Waals surface area contributed by atoms with E-state index in [1.807, 2.05) is 69.3 Å². The maximum atomic E-state index is 12.7. The van der Waals surface area contributed by atoms with E-state index in [4.69, 9.17) is 19.6 Å². The maximum absolute atomic E-state index is 12.7. The highest BCUT2D eigenvalue weighted by Gasteiger charge is 2.36. The maximum Gasteiger partial charge on any atom is 0.283 e. The highest BCUT2D eigenvalue weighted by atomic mass is 32.2. The van der Waals surface area contributed by atoms with Gasteiger partial charge in [-0.1, -0.05) is 49.7 Å². The van der Waals surface area contributed by atoms with Gasteiger partial charge in [-0.2, -0.15) is 15.1 Å². The molecule has 2 aromatic carbocycles. The summed E-state index contributed by atoms with van der Waals surface area (Å²) in [5, 5.41) is 15.7. The first-order valence-corrected chi connectivity index (χ1v) is 12.2. The largest absolute Gasteiger partial charge is 0.491 e. The van der Waals surface area contributed by atoms with Gasteiger partial charge in [0.1, 0.15) is 29.8 Å². The fourth-order valence-corrected chi connectivity index (χ4v) is 4.18. The first-order valence-electron chi connectivity index (χ1n) is 11.4. The molecule has 2 aliphatic heterocycles. The fourth-order valence-electron chi connectivity index (χ4n) is 3.29. The third kappa shape index (κ3) is 6.17. The Labute approximate surface area is 209 Å². The van der Waals surface area contributed by atoms with Crippen molar-refractivity contribution in [1.82, 2.24) is 5.01 Å². The number of amidine groups is 2. The summed E-state index contributed by atoms with van der Waals surface area (Å²) in [5.41, 5.74) is 2.04. The van der Waals surface area contributed by atoms with Gasteiger partial charge in [0.15, 0.2) is 5.84 Å². The smallest absolute Gasteiger partial charge is 0.283 e. The van der Waals surface area contributed by atoms with Gasteiger partial charge in [-0.3, -0.25) is 10.2 Å². The van der Waals surface area contributed by atoms with Crippen molar-refractivity contribution in [2.75, 3.05) is 26.4 Å². The molecule has 0 aromatic heterocycles. The van der Waals surface area contributed by atoms with Gasteiger partial charge >= 0.3 is 0 Å². The van der Waals surface area contributed by atoms with Gasteiger partial charge in [-0.05, 0) is 43.0 Å². The third-order valence-corrected chi connectivity index (χ3v) is 6.39. The number of nitrogens with zero attached hydrogens (tertiary/aromatic N) is 3. The zero-order valence-corrected chi connectivity index (χ0v) is 20.8. The minimum absolute atomic E-state index is 0.00913. The predicted octanol–water partition coefficient (Wildman–Crippen LogP) is 4.74. The first-order chi connectivity index (χ1) is 16.9. The molecular weight excluding hydrogens is 464 g/mol. The van der Waals surface area contributed by atoms with Crippen molar-refractivity contribution in [3.05, 3.63) is 65.2 Å². The molecule has 0 radical (unpaired) electrons. The number of hydrazone groups is 1. The Morgan fingerprint density at radius 2 is 1.74 bits per heavy atom. The van der Waals surface area contributed by atoms with Crippen LogP contribution in [0.2, 0.25) is 0 Å². The molecule has 0 spiro atoms. The van der Waals surface area contributed by atoms with Crippen LogP contribution in [0.5, 0.6) is 11.5 Å². The molecule has 4 rings (SSSR count). The number of hydrogen-bond acceptors (Lipinski definition) is 7. The van der Waals surface area contributed by atoms with Gasteiger partial charge in [0.2, 0.25) is 5.17 Å². The quantitative estimate of drug-likeness (QED) is 0.380. The van der Waals surface area contributed by atoms with Crippen LogP contribution in [0, 0.1) is 18.3 Å². The van der Waals surface area contributed by atoms with Crippen LogP contribution in [0.1, 0.15) is 25.0 Å². The van der Waals surface area contributed by atoms with Crippen molar-refractivity contribution in [1.29, 1.82) is 5.41 Å². The number of benzene rings is 2. The number of aliphatic imine (C=N–C) groups is 1. The lowest BCUT2D eigenvalue weighted by Crippen LogP contribution is -2.35. The molecule has 2 aliphatic rings. The van der Waals surface area contributed by atoms with Crippen LogP contribution in [-0.2, 0) is 9.53 Å². The second-order valence-corrected chi connectivity index (χ2v) is 9.26. The molecule has 0 unspecified atom stereocenters. The Morgan fingerprint density at radius 1 is 1.03 bits per heavy atom. The first kappa shape index (κ1) is 24.7. The third-order valence-electron chi connectivity index (χ3n) is 5.19. The van der Waals surface area contributed by atoms with Crippen LogP contribution >= 0.6 is 11.8 Å². The van der Waals surface area contributed by atoms with Crippen molar-refractivity contribution < 1.29 is 19.0 Å². The second-order valence-electron chi connectivity index (χ2n) is 8.27. The van der Waals surface area contributed by atoms with Crippen molar-refractivity contribution in [2.24, 2.45) is 16.0 Å². The number of fused-ring (bicyclic) bond motifs is 1. The van der Waals surface area contributed by atoms with Crippen LogP contribution in [0.3, 0.4) is 0 Å². The number of amides is 1. The lowest BCUT2D eigenvalue weighted by atomic mass is 10.1. The average molecular weight is 493 g/mol. The molecule has 1 amide bonds. The molecule has 0 fully saturated rings. The zero-order chi connectivity index (χ0) is 24.8. The van der Waals surface area contributed by atoms with E-state index in [1.165, 1.54) is 22.3 Å². The van der Waals surface area contributed by atoms with E-state index in [2.05, 4.69) is 10.1 Å². The second kappa shape index (κ2) is 11.3. The summed E-state index contributed by atoms with van der Waals surface area (Å²) in [6.07, 6.45) is 1.63. The van der Waals surface area contributed by atoms with E-state index in [-0.39, 0.29) is 17.3 Å². The van der Waals surface area contributed by atoms with Crippen molar-refractivity contribution in [3.8, 4) is 11.5 Å². The standard InChI is InChI=1S/C26H28N4O4S/c1-17(2)25-29-30-23(27)21(24(31)28-26(30)35-25)16-19-6-4-5-7-22(19)34-15-13-32-12-14-33-20-10-8-18(3)9-11-20/h4-11,16-17,27H,12-15H2,1-3H3/b21-16-,27-23?. The molecule has 35 heavy (non-hydrogen) atoms. The molecule has 2 heterocycles. The molecule has 0 saturated carbocycles. The minimum Gasteiger partial charge on any atom is -0.491 e. The summed E-state index contributed by atoms with van der Waals surface area (Å²) >= 11 is 1.33. The van der Waals surface area contributed by atoms with Crippen molar-refractivity contribution in [2.45, 2.75) is 20.8 Å². The number of ether oxygens (including phenoxy) is 3. The van der Waals surface area contributed by atoms with E-state index < -0.39 is 5.91 Å². The molecule has 9 heteroatoms. The molecule has 0 aliphatic carbocycles. The topological polar surface area (TPSA) is 96.6 Å². The molecule has 1 N–H and O–H groups in total. The monoisotopic (exact) mass is 492 g/mol. The van der Waals surface area contributed by atoms with Gasteiger partial charge in [-0.25, -0.2) is 0 Å². The van der Waals surface area contributed by atoms with E-state index in [0.717, 1.165) is 10.8 Å². The van der Waals surface area contributed by atoms with Crippen molar-refractivity contribution in [3.63, 3.8) is 0 Å². The van der Waals surface area contributed by atoms with Crippen LogP contribution in [0.25, 0.3) is 6.08 Å². The number of rotatable bonds is 10.